The van der Waals surface area contributed by atoms with Gasteiger partial charge in [0.25, 0.3) is 0 Å². The summed E-state index contributed by atoms with van der Waals surface area (Å²) in [4.78, 5) is 17.1. The smallest absolute Gasteiger partial charge is 0.233 e. The topological polar surface area (TPSA) is 72.7 Å². The van der Waals surface area contributed by atoms with Crippen molar-refractivity contribution in [3.8, 4) is 17.1 Å². The molecule has 1 aliphatic rings. The first-order valence-corrected chi connectivity index (χ1v) is 12.4. The zero-order valence-corrected chi connectivity index (χ0v) is 20.3. The van der Waals surface area contributed by atoms with Crippen LogP contribution in [-0.4, -0.2) is 36.9 Å². The minimum absolute atomic E-state index is 0.0142. The number of hydrogen-bond donors (Lipinski definition) is 1. The molecule has 1 N–H and O–H groups in total. The van der Waals surface area contributed by atoms with Gasteiger partial charge in [-0.2, -0.15) is 0 Å². The van der Waals surface area contributed by atoms with E-state index in [9.17, 15) is 4.79 Å². The highest BCUT2D eigenvalue weighted by Gasteiger charge is 2.27. The van der Waals surface area contributed by atoms with Gasteiger partial charge >= 0.3 is 0 Å². The number of aromatic nitrogens is 4. The SMILES string of the molecule is CC(Sc1nnc(-c2cccnc2)n1-c1ccc(Cl)c(Cl)c1)C(=O)NC1CCCCC1C. The fourth-order valence-corrected chi connectivity index (χ4v) is 5.10. The molecule has 32 heavy (non-hydrogen) atoms. The van der Waals surface area contributed by atoms with Crippen LogP contribution in [-0.2, 0) is 4.79 Å². The number of carbonyl (C=O) groups excluding carboxylic acids is 1. The quantitative estimate of drug-likeness (QED) is 0.442. The Morgan fingerprint density at radius 3 is 2.72 bits per heavy atom. The van der Waals surface area contributed by atoms with Crippen molar-refractivity contribution in [3.63, 3.8) is 0 Å². The van der Waals surface area contributed by atoms with Crippen molar-refractivity contribution in [3.05, 3.63) is 52.8 Å². The van der Waals surface area contributed by atoms with Gasteiger partial charge in [0.2, 0.25) is 5.91 Å². The molecule has 0 aliphatic heterocycles. The third-order valence-electron chi connectivity index (χ3n) is 5.81. The van der Waals surface area contributed by atoms with Crippen LogP contribution in [0.1, 0.15) is 39.5 Å². The maximum Gasteiger partial charge on any atom is 0.233 e. The highest BCUT2D eigenvalue weighted by atomic mass is 35.5. The van der Waals surface area contributed by atoms with Crippen LogP contribution in [0.15, 0.2) is 47.9 Å². The van der Waals surface area contributed by atoms with Gasteiger partial charge in [-0.05, 0) is 56.0 Å². The number of hydrogen-bond acceptors (Lipinski definition) is 5. The van der Waals surface area contributed by atoms with Crippen molar-refractivity contribution < 1.29 is 4.79 Å². The molecule has 0 spiro atoms. The first kappa shape index (κ1) is 23.1. The summed E-state index contributed by atoms with van der Waals surface area (Å²) in [5, 5.41) is 13.2. The molecule has 3 aromatic rings. The number of nitrogens with zero attached hydrogens (tertiary/aromatic N) is 4. The fourth-order valence-electron chi connectivity index (χ4n) is 3.93. The molecule has 1 aromatic carbocycles. The third-order valence-corrected chi connectivity index (χ3v) is 7.59. The summed E-state index contributed by atoms with van der Waals surface area (Å²) in [5.41, 5.74) is 1.57. The van der Waals surface area contributed by atoms with Crippen LogP contribution in [0.3, 0.4) is 0 Å². The molecule has 0 bridgehead atoms. The van der Waals surface area contributed by atoms with Crippen LogP contribution in [0.5, 0.6) is 0 Å². The van der Waals surface area contributed by atoms with E-state index in [0.717, 1.165) is 30.5 Å². The first-order chi connectivity index (χ1) is 15.4. The van der Waals surface area contributed by atoms with E-state index in [1.807, 2.05) is 29.7 Å². The minimum atomic E-state index is -0.336. The average molecular weight is 490 g/mol. The second kappa shape index (κ2) is 10.2. The van der Waals surface area contributed by atoms with Gasteiger partial charge in [-0.15, -0.1) is 10.2 Å². The van der Waals surface area contributed by atoms with Gasteiger partial charge in [-0.3, -0.25) is 14.3 Å². The van der Waals surface area contributed by atoms with Crippen LogP contribution >= 0.6 is 35.0 Å². The number of thioether (sulfide) groups is 1. The number of carbonyl (C=O) groups is 1. The zero-order valence-electron chi connectivity index (χ0n) is 18.0. The van der Waals surface area contributed by atoms with Crippen molar-refractivity contribution >= 4 is 40.9 Å². The minimum Gasteiger partial charge on any atom is -0.352 e. The molecule has 4 rings (SSSR count). The van der Waals surface area contributed by atoms with Crippen molar-refractivity contribution in [2.24, 2.45) is 5.92 Å². The molecule has 0 saturated heterocycles. The summed E-state index contributed by atoms with van der Waals surface area (Å²) in [6, 6.07) is 9.36. The predicted octanol–water partition coefficient (Wildman–Crippen LogP) is 5.81. The van der Waals surface area contributed by atoms with Crippen LogP contribution < -0.4 is 5.32 Å². The Hall–Kier alpha value is -2.09. The lowest BCUT2D eigenvalue weighted by Gasteiger charge is -2.30. The fraction of sp³-hybridized carbons (Fsp3) is 0.391. The number of benzene rings is 1. The largest absolute Gasteiger partial charge is 0.352 e. The lowest BCUT2D eigenvalue weighted by Crippen LogP contribution is -2.44. The van der Waals surface area contributed by atoms with Gasteiger partial charge in [0.15, 0.2) is 11.0 Å². The molecule has 2 heterocycles. The van der Waals surface area contributed by atoms with Crippen molar-refractivity contribution in [1.82, 2.24) is 25.1 Å². The van der Waals surface area contributed by atoms with E-state index in [1.165, 1.54) is 18.2 Å². The maximum atomic E-state index is 12.9. The number of nitrogens with one attached hydrogen (secondary N) is 1. The molecule has 9 heteroatoms. The predicted molar refractivity (Wildman–Crippen MR) is 129 cm³/mol. The molecule has 1 aliphatic carbocycles. The second-order valence-corrected chi connectivity index (χ2v) is 10.2. The van der Waals surface area contributed by atoms with E-state index < -0.39 is 0 Å². The van der Waals surface area contributed by atoms with E-state index in [2.05, 4.69) is 27.4 Å². The molecule has 2 aromatic heterocycles. The van der Waals surface area contributed by atoms with Gasteiger partial charge in [0, 0.05) is 24.0 Å². The molecule has 6 nitrogen and oxygen atoms in total. The monoisotopic (exact) mass is 489 g/mol. The zero-order chi connectivity index (χ0) is 22.7. The van der Waals surface area contributed by atoms with Crippen LogP contribution in [0, 0.1) is 5.92 Å². The molecule has 1 saturated carbocycles. The molecule has 3 atom stereocenters. The standard InChI is InChI=1S/C23H25Cl2N5OS/c1-14-6-3-4-8-20(14)27-22(31)15(2)32-23-29-28-21(16-7-5-11-26-13-16)30(23)17-9-10-18(24)19(25)12-17/h5,7,9-15,20H,3-4,6,8H2,1-2H3,(H,27,31). The van der Waals surface area contributed by atoms with Gasteiger partial charge < -0.3 is 5.32 Å². The Balaban J connectivity index is 1.62. The Labute approximate surface area is 202 Å². The van der Waals surface area contributed by atoms with E-state index >= 15 is 0 Å². The summed E-state index contributed by atoms with van der Waals surface area (Å²) >= 11 is 13.8. The average Bonchev–Trinajstić information content (AvgIpc) is 3.21. The Kier molecular flexibility index (Phi) is 7.38. The number of pyridine rings is 1. The lowest BCUT2D eigenvalue weighted by atomic mass is 9.86. The number of rotatable bonds is 6. The lowest BCUT2D eigenvalue weighted by molar-refractivity contribution is -0.121. The number of amides is 1. The second-order valence-electron chi connectivity index (χ2n) is 8.12. The van der Waals surface area contributed by atoms with Crippen molar-refractivity contribution in [1.29, 1.82) is 0 Å². The molecule has 168 valence electrons. The maximum absolute atomic E-state index is 12.9. The third kappa shape index (κ3) is 5.11. The normalized spacial score (nSPS) is 19.5. The Morgan fingerprint density at radius 1 is 1.19 bits per heavy atom. The highest BCUT2D eigenvalue weighted by Crippen LogP contribution is 2.33. The Morgan fingerprint density at radius 2 is 2.00 bits per heavy atom. The molecule has 0 radical (unpaired) electrons. The van der Waals surface area contributed by atoms with Gasteiger partial charge in [0.1, 0.15) is 0 Å². The van der Waals surface area contributed by atoms with Crippen LogP contribution in [0.2, 0.25) is 10.0 Å². The summed E-state index contributed by atoms with van der Waals surface area (Å²) in [6.45, 7) is 4.11. The van der Waals surface area contributed by atoms with E-state index in [0.29, 0.717) is 26.9 Å². The van der Waals surface area contributed by atoms with E-state index in [-0.39, 0.29) is 17.2 Å². The molecule has 3 unspecified atom stereocenters. The molecule has 1 amide bonds. The summed E-state index contributed by atoms with van der Waals surface area (Å²) in [5.74, 6) is 1.13. The molecular weight excluding hydrogens is 465 g/mol. The molecule has 1 fully saturated rings. The van der Waals surface area contributed by atoms with Crippen LogP contribution in [0.4, 0.5) is 0 Å². The van der Waals surface area contributed by atoms with E-state index in [4.69, 9.17) is 23.2 Å². The Bertz CT molecular complexity index is 1090. The number of halogens is 2. The molecular formula is C23H25Cl2N5OS. The van der Waals surface area contributed by atoms with Gasteiger partial charge in [0.05, 0.1) is 21.0 Å². The van der Waals surface area contributed by atoms with Crippen molar-refractivity contribution in [2.75, 3.05) is 0 Å². The first-order valence-electron chi connectivity index (χ1n) is 10.7. The van der Waals surface area contributed by atoms with E-state index in [1.54, 1.807) is 24.5 Å². The van der Waals surface area contributed by atoms with Crippen LogP contribution in [0.25, 0.3) is 17.1 Å². The summed E-state index contributed by atoms with van der Waals surface area (Å²) in [6.07, 6.45) is 8.03. The highest BCUT2D eigenvalue weighted by molar-refractivity contribution is 8.00. The summed E-state index contributed by atoms with van der Waals surface area (Å²) < 4.78 is 1.89. The van der Waals surface area contributed by atoms with Gasteiger partial charge in [-0.25, -0.2) is 0 Å². The van der Waals surface area contributed by atoms with Crippen molar-refractivity contribution in [2.45, 2.75) is 56.0 Å². The van der Waals surface area contributed by atoms with Gasteiger partial charge in [-0.1, -0.05) is 54.7 Å². The summed E-state index contributed by atoms with van der Waals surface area (Å²) in [7, 11) is 0.